The van der Waals surface area contributed by atoms with Crippen molar-refractivity contribution < 1.29 is 9.84 Å². The van der Waals surface area contributed by atoms with Crippen LogP contribution in [0, 0.1) is 0 Å². The van der Waals surface area contributed by atoms with Crippen LogP contribution in [0.1, 0.15) is 6.42 Å². The van der Waals surface area contributed by atoms with Crippen LogP contribution in [0.2, 0.25) is 0 Å². The molecular formula is C13H20BrNO2S. The summed E-state index contributed by atoms with van der Waals surface area (Å²) in [5, 5.41) is 12.9. The Balaban J connectivity index is 2.09. The second-order valence-corrected chi connectivity index (χ2v) is 5.87. The summed E-state index contributed by atoms with van der Waals surface area (Å²) in [6.45, 7) is 1.83. The summed E-state index contributed by atoms with van der Waals surface area (Å²) in [6.07, 6.45) is 2.76. The Labute approximate surface area is 121 Å². The summed E-state index contributed by atoms with van der Waals surface area (Å²) in [6, 6.07) is 7.59. The van der Waals surface area contributed by atoms with E-state index >= 15 is 0 Å². The zero-order chi connectivity index (χ0) is 13.2. The molecule has 1 atom stereocenters. The maximum Gasteiger partial charge on any atom is 0.119 e. The Kier molecular flexibility index (Phi) is 8.50. The number of benzene rings is 1. The van der Waals surface area contributed by atoms with Gasteiger partial charge in [-0.1, -0.05) is 15.9 Å². The third kappa shape index (κ3) is 7.26. The molecule has 0 aliphatic heterocycles. The number of thioether (sulfide) groups is 1. The smallest absolute Gasteiger partial charge is 0.119 e. The Morgan fingerprint density at radius 3 is 2.78 bits per heavy atom. The lowest BCUT2D eigenvalue weighted by Crippen LogP contribution is -2.32. The fourth-order valence-corrected chi connectivity index (χ4v) is 2.09. The van der Waals surface area contributed by atoms with Crippen LogP contribution in [0.5, 0.6) is 5.75 Å². The third-order valence-corrected chi connectivity index (χ3v) is 3.56. The SMILES string of the molecule is CSCCCNCC(O)COc1ccc(Br)cc1. The van der Waals surface area contributed by atoms with Crippen molar-refractivity contribution in [2.45, 2.75) is 12.5 Å². The first-order valence-corrected chi connectivity index (χ1v) is 8.17. The van der Waals surface area contributed by atoms with E-state index in [1.807, 2.05) is 36.0 Å². The molecule has 18 heavy (non-hydrogen) atoms. The number of hydrogen-bond acceptors (Lipinski definition) is 4. The lowest BCUT2D eigenvalue weighted by Gasteiger charge is -2.13. The van der Waals surface area contributed by atoms with E-state index in [0.29, 0.717) is 13.2 Å². The van der Waals surface area contributed by atoms with Crippen molar-refractivity contribution >= 4 is 27.7 Å². The average molecular weight is 334 g/mol. The van der Waals surface area contributed by atoms with Crippen molar-refractivity contribution in [1.29, 1.82) is 0 Å². The van der Waals surface area contributed by atoms with Crippen molar-refractivity contribution in [2.75, 3.05) is 31.7 Å². The van der Waals surface area contributed by atoms with E-state index in [0.717, 1.165) is 28.9 Å². The van der Waals surface area contributed by atoms with Gasteiger partial charge in [-0.15, -0.1) is 0 Å². The highest BCUT2D eigenvalue weighted by atomic mass is 79.9. The highest BCUT2D eigenvalue weighted by Crippen LogP contribution is 2.16. The van der Waals surface area contributed by atoms with Crippen LogP contribution in [-0.4, -0.2) is 42.9 Å². The Bertz CT molecular complexity index is 321. The van der Waals surface area contributed by atoms with Crippen LogP contribution in [-0.2, 0) is 0 Å². The van der Waals surface area contributed by atoms with Gasteiger partial charge in [0, 0.05) is 11.0 Å². The van der Waals surface area contributed by atoms with Crippen LogP contribution >= 0.6 is 27.7 Å². The number of nitrogens with one attached hydrogen (secondary N) is 1. The number of aliphatic hydroxyl groups is 1. The lowest BCUT2D eigenvalue weighted by molar-refractivity contribution is 0.106. The fourth-order valence-electron chi connectivity index (χ4n) is 1.39. The van der Waals surface area contributed by atoms with Crippen LogP contribution in [0.25, 0.3) is 0 Å². The Hall–Kier alpha value is -0.230. The van der Waals surface area contributed by atoms with Gasteiger partial charge >= 0.3 is 0 Å². The topological polar surface area (TPSA) is 41.5 Å². The molecule has 5 heteroatoms. The molecule has 0 aliphatic rings. The molecule has 0 aromatic heterocycles. The van der Waals surface area contributed by atoms with Gasteiger partial charge in [0.25, 0.3) is 0 Å². The summed E-state index contributed by atoms with van der Waals surface area (Å²) in [7, 11) is 0. The molecule has 0 aliphatic carbocycles. The van der Waals surface area contributed by atoms with Crippen molar-refractivity contribution in [3.8, 4) is 5.75 Å². The fraction of sp³-hybridized carbons (Fsp3) is 0.538. The Morgan fingerprint density at radius 1 is 1.39 bits per heavy atom. The molecule has 1 unspecified atom stereocenters. The average Bonchev–Trinajstić information content (AvgIpc) is 2.38. The molecule has 0 radical (unpaired) electrons. The van der Waals surface area contributed by atoms with Gasteiger partial charge in [-0.3, -0.25) is 0 Å². The highest BCUT2D eigenvalue weighted by Gasteiger charge is 2.04. The highest BCUT2D eigenvalue weighted by molar-refractivity contribution is 9.10. The van der Waals surface area contributed by atoms with Crippen molar-refractivity contribution in [3.63, 3.8) is 0 Å². The summed E-state index contributed by atoms with van der Waals surface area (Å²) < 4.78 is 6.51. The first-order valence-electron chi connectivity index (χ1n) is 5.98. The molecule has 1 aromatic carbocycles. The Morgan fingerprint density at radius 2 is 2.11 bits per heavy atom. The van der Waals surface area contributed by atoms with Gasteiger partial charge in [0.2, 0.25) is 0 Å². The first kappa shape index (κ1) is 15.8. The molecule has 0 saturated carbocycles. The zero-order valence-electron chi connectivity index (χ0n) is 10.6. The first-order chi connectivity index (χ1) is 8.72. The predicted molar refractivity (Wildman–Crippen MR) is 81.5 cm³/mol. The van der Waals surface area contributed by atoms with E-state index in [1.54, 1.807) is 0 Å². The molecule has 102 valence electrons. The minimum absolute atomic E-state index is 0.317. The number of hydrogen-bond donors (Lipinski definition) is 2. The predicted octanol–water partition coefficient (Wildman–Crippen LogP) is 2.53. The van der Waals surface area contributed by atoms with E-state index in [1.165, 1.54) is 0 Å². The van der Waals surface area contributed by atoms with Crippen LogP contribution in [0.4, 0.5) is 0 Å². The van der Waals surface area contributed by atoms with E-state index < -0.39 is 6.10 Å². The molecule has 1 aromatic rings. The molecule has 0 fully saturated rings. The summed E-state index contributed by atoms with van der Waals surface area (Å²) in [5.41, 5.74) is 0. The minimum atomic E-state index is -0.470. The van der Waals surface area contributed by atoms with Gasteiger partial charge in [0.15, 0.2) is 0 Å². The normalized spacial score (nSPS) is 12.4. The van der Waals surface area contributed by atoms with Crippen molar-refractivity contribution in [1.82, 2.24) is 5.32 Å². The second-order valence-electron chi connectivity index (χ2n) is 3.97. The van der Waals surface area contributed by atoms with E-state index in [2.05, 4.69) is 27.5 Å². The molecule has 0 bridgehead atoms. The standard InChI is InChI=1S/C13H20BrNO2S/c1-18-8-2-7-15-9-12(16)10-17-13-5-3-11(14)4-6-13/h3-6,12,15-16H,2,7-10H2,1H3. The van der Waals surface area contributed by atoms with Crippen molar-refractivity contribution in [2.24, 2.45) is 0 Å². The zero-order valence-corrected chi connectivity index (χ0v) is 13.0. The van der Waals surface area contributed by atoms with Crippen LogP contribution < -0.4 is 10.1 Å². The molecule has 3 nitrogen and oxygen atoms in total. The van der Waals surface area contributed by atoms with Gasteiger partial charge < -0.3 is 15.2 Å². The third-order valence-electron chi connectivity index (χ3n) is 2.34. The maximum atomic E-state index is 9.72. The summed E-state index contributed by atoms with van der Waals surface area (Å²) in [4.78, 5) is 0. The lowest BCUT2D eigenvalue weighted by atomic mass is 10.3. The number of ether oxygens (including phenoxy) is 1. The quantitative estimate of drug-likeness (QED) is 0.681. The maximum absolute atomic E-state index is 9.72. The number of halogens is 1. The molecule has 2 N–H and O–H groups in total. The monoisotopic (exact) mass is 333 g/mol. The van der Waals surface area contributed by atoms with E-state index in [-0.39, 0.29) is 0 Å². The van der Waals surface area contributed by atoms with Crippen molar-refractivity contribution in [3.05, 3.63) is 28.7 Å². The molecule has 0 heterocycles. The molecular weight excluding hydrogens is 314 g/mol. The van der Waals surface area contributed by atoms with E-state index in [4.69, 9.17) is 4.74 Å². The van der Waals surface area contributed by atoms with E-state index in [9.17, 15) is 5.11 Å². The second kappa shape index (κ2) is 9.67. The number of rotatable bonds is 9. The van der Waals surface area contributed by atoms with Crippen LogP contribution in [0.3, 0.4) is 0 Å². The number of aliphatic hydroxyl groups excluding tert-OH is 1. The summed E-state index contributed by atoms with van der Waals surface area (Å²) in [5.74, 6) is 1.93. The summed E-state index contributed by atoms with van der Waals surface area (Å²) >= 11 is 5.20. The van der Waals surface area contributed by atoms with Gasteiger partial charge in [-0.25, -0.2) is 0 Å². The van der Waals surface area contributed by atoms with Gasteiger partial charge in [0.05, 0.1) is 0 Å². The van der Waals surface area contributed by atoms with Gasteiger partial charge in [0.1, 0.15) is 18.5 Å². The van der Waals surface area contributed by atoms with Crippen LogP contribution in [0.15, 0.2) is 28.7 Å². The minimum Gasteiger partial charge on any atom is -0.491 e. The molecule has 1 rings (SSSR count). The van der Waals surface area contributed by atoms with Gasteiger partial charge in [-0.05, 0) is 49.2 Å². The van der Waals surface area contributed by atoms with Gasteiger partial charge in [-0.2, -0.15) is 11.8 Å². The molecule has 0 saturated heterocycles. The largest absolute Gasteiger partial charge is 0.491 e. The molecule has 0 spiro atoms. The molecule has 0 amide bonds.